The van der Waals surface area contributed by atoms with Crippen LogP contribution in [0.2, 0.25) is 0 Å². The maximum atomic E-state index is 9.24. The van der Waals surface area contributed by atoms with E-state index in [9.17, 15) is 2.74 Å². The summed E-state index contributed by atoms with van der Waals surface area (Å²) in [4.78, 5) is 5.07. The maximum Gasteiger partial charge on any atom is 0.252 e. The molecule has 4 aliphatic rings. The lowest BCUT2D eigenvalue weighted by atomic mass is 9.33. The van der Waals surface area contributed by atoms with Crippen LogP contribution < -0.4 is 26.2 Å². The average Bonchev–Trinajstić information content (AvgIpc) is 1.03. The number of hydrogen-bond acceptors (Lipinski definition) is 2. The SMILES string of the molecule is [2H]c1c([2H])c([2H])c(-c2ccc(N3c4cc(-n5c6ccccc6c6ccccc65)ccc4B4c5cc(-c6ccc(C(C)(C)C)cc6)ccc5N(c5c(-c6ccccc6)cccc5-c5ccccc5)c5cc(-c6cccc7c6C6(c8ccccc8-c8ccccc86)c6ccccc6-7)cc3c54)cc2)c([2H])c1[2H]. The van der Waals surface area contributed by atoms with Crippen molar-refractivity contribution < 1.29 is 6.85 Å². The van der Waals surface area contributed by atoms with Crippen molar-refractivity contribution in [3.05, 3.63) is 373 Å². The molecule has 0 atom stereocenters. The number of aromatic nitrogens is 1. The van der Waals surface area contributed by atoms with Gasteiger partial charge in [0.1, 0.15) is 0 Å². The van der Waals surface area contributed by atoms with E-state index < -0.39 is 11.5 Å². The molecule has 0 saturated heterocycles. The summed E-state index contributed by atoms with van der Waals surface area (Å²) in [6, 6.07) is 115. The Morgan fingerprint density at radius 1 is 0.323 bits per heavy atom. The van der Waals surface area contributed by atoms with Crippen LogP contribution in [0, 0.1) is 0 Å². The van der Waals surface area contributed by atoms with Gasteiger partial charge in [0.05, 0.1) is 29.0 Å². The first-order valence-corrected chi connectivity index (χ1v) is 34.3. The number of fused-ring (bicyclic) bond motifs is 17. The highest BCUT2D eigenvalue weighted by Gasteiger charge is 2.53. The second-order valence-electron chi connectivity index (χ2n) is 27.8. The summed E-state index contributed by atoms with van der Waals surface area (Å²) in [6.07, 6.45) is 0. The Balaban J connectivity index is 0.944. The van der Waals surface area contributed by atoms with Crippen LogP contribution in [0.5, 0.6) is 0 Å². The molecule has 0 unspecified atom stereocenters. The van der Waals surface area contributed by atoms with E-state index in [1.54, 1.807) is 0 Å². The van der Waals surface area contributed by atoms with E-state index >= 15 is 0 Å². The molecule has 99 heavy (non-hydrogen) atoms. The van der Waals surface area contributed by atoms with Gasteiger partial charge >= 0.3 is 0 Å². The van der Waals surface area contributed by atoms with Crippen LogP contribution in [0.4, 0.5) is 34.1 Å². The molecule has 3 nitrogen and oxygen atoms in total. The second-order valence-corrected chi connectivity index (χ2v) is 27.8. The fraction of sp³-hybridized carbons (Fsp3) is 0.0526. The van der Waals surface area contributed by atoms with Crippen LogP contribution in [0.25, 0.3) is 105 Å². The van der Waals surface area contributed by atoms with Crippen molar-refractivity contribution in [2.45, 2.75) is 31.6 Å². The average molecular weight is 1270 g/mol. The van der Waals surface area contributed by atoms with Crippen LogP contribution in [-0.4, -0.2) is 11.3 Å². The van der Waals surface area contributed by atoms with E-state index in [1.807, 2.05) is 12.1 Å². The Morgan fingerprint density at radius 3 is 1.41 bits per heavy atom. The molecule has 0 bridgehead atoms. The van der Waals surface area contributed by atoms with Gasteiger partial charge in [-0.25, -0.2) is 0 Å². The van der Waals surface area contributed by atoms with Gasteiger partial charge in [-0.1, -0.05) is 312 Å². The number of nitrogens with zero attached hydrogens (tertiary/aromatic N) is 3. The zero-order valence-electron chi connectivity index (χ0n) is 59.9. The van der Waals surface area contributed by atoms with Crippen molar-refractivity contribution in [3.63, 3.8) is 0 Å². The third-order valence-corrected chi connectivity index (χ3v) is 21.6. The van der Waals surface area contributed by atoms with Gasteiger partial charge in [0.25, 0.3) is 6.71 Å². The van der Waals surface area contributed by atoms with Crippen LogP contribution in [0.3, 0.4) is 0 Å². The fourth-order valence-electron chi connectivity index (χ4n) is 17.4. The lowest BCUT2D eigenvalue weighted by molar-refractivity contribution is 0.590. The van der Waals surface area contributed by atoms with Crippen molar-refractivity contribution >= 4 is 79.0 Å². The molecule has 16 aromatic rings. The van der Waals surface area contributed by atoms with Gasteiger partial charge in [-0.05, 0) is 171 Å². The van der Waals surface area contributed by atoms with Gasteiger partial charge in [0.15, 0.2) is 0 Å². The van der Waals surface area contributed by atoms with E-state index in [2.05, 4.69) is 338 Å². The Morgan fingerprint density at radius 2 is 0.808 bits per heavy atom. The highest BCUT2D eigenvalue weighted by molar-refractivity contribution is 7.00. The minimum Gasteiger partial charge on any atom is -0.311 e. The molecule has 0 amide bonds. The van der Waals surface area contributed by atoms with Gasteiger partial charge in [-0.2, -0.15) is 0 Å². The lowest BCUT2D eigenvalue weighted by Crippen LogP contribution is -2.61. The molecule has 1 aromatic heterocycles. The summed E-state index contributed by atoms with van der Waals surface area (Å²) in [6.45, 7) is 6.47. The molecule has 2 aliphatic carbocycles. The van der Waals surface area contributed by atoms with Gasteiger partial charge in [0.2, 0.25) is 0 Å². The van der Waals surface area contributed by atoms with Crippen LogP contribution >= 0.6 is 0 Å². The Kier molecular flexibility index (Phi) is 11.5. The van der Waals surface area contributed by atoms with Crippen molar-refractivity contribution in [3.8, 4) is 83.6 Å². The van der Waals surface area contributed by atoms with Crippen molar-refractivity contribution in [2.24, 2.45) is 0 Å². The second kappa shape index (κ2) is 21.9. The number of para-hydroxylation sites is 3. The van der Waals surface area contributed by atoms with Gasteiger partial charge < -0.3 is 14.4 Å². The summed E-state index contributed by atoms with van der Waals surface area (Å²) in [5, 5.41) is 2.33. The Bertz CT molecular complexity index is 6090. The van der Waals surface area contributed by atoms with Crippen LogP contribution in [0.15, 0.2) is 346 Å². The summed E-state index contributed by atoms with van der Waals surface area (Å²) in [7, 11) is 0. The topological polar surface area (TPSA) is 11.4 Å². The van der Waals surface area contributed by atoms with Gasteiger partial charge in [0, 0.05) is 56.0 Å². The zero-order valence-corrected chi connectivity index (χ0v) is 54.9. The summed E-state index contributed by atoms with van der Waals surface area (Å²) < 4.78 is 47.1. The van der Waals surface area contributed by atoms with E-state index in [4.69, 9.17) is 4.11 Å². The number of hydrogen-bond donors (Lipinski definition) is 0. The summed E-state index contributed by atoms with van der Waals surface area (Å²) in [5.41, 5.74) is 32.4. The lowest BCUT2D eigenvalue weighted by Gasteiger charge is -2.45. The molecular formula is C95H66BN3. The fourth-order valence-corrected chi connectivity index (χ4v) is 17.4. The molecule has 20 rings (SSSR count). The third-order valence-electron chi connectivity index (χ3n) is 21.6. The standard InChI is InChI=1S/C95H66BN3/c1-94(2,3)68-50-45-63(46-51-68)66-49-56-87-84(57-66)96-83-55-54-70(98-85-43-21-16-34-77(85)78-35-17-22-44-86(78)98)60-88(83)97(69-52-47-62(48-53-69)61-25-7-4-8-26-61)89-58-67(59-90(92(89)96)99(87)93-72(64-27-9-5-10-28-64)37-24-38-73(93)65-29-11-6-12-30-65)71-36-23-39-79-76-33-15-20-42-82(76)95(91(71)79)80-40-18-13-31-74(80)75-32-14-19-41-81(75)95/h4-60H,1-3H3/i4D,7D,8D,25D,26D. The predicted octanol–water partition coefficient (Wildman–Crippen LogP) is 22.8. The van der Waals surface area contributed by atoms with Crippen molar-refractivity contribution in [1.82, 2.24) is 4.57 Å². The van der Waals surface area contributed by atoms with Crippen LogP contribution in [-0.2, 0) is 10.8 Å². The molecule has 464 valence electrons. The van der Waals surface area contributed by atoms with E-state index in [-0.39, 0.29) is 41.9 Å². The van der Waals surface area contributed by atoms with Gasteiger partial charge in [-0.3, -0.25) is 0 Å². The van der Waals surface area contributed by atoms with Gasteiger partial charge in [-0.15, -0.1) is 0 Å². The minimum absolute atomic E-state index is 0.0388. The van der Waals surface area contributed by atoms with E-state index in [0.29, 0.717) is 5.56 Å². The molecule has 15 aromatic carbocycles. The first kappa shape index (κ1) is 52.0. The highest BCUT2D eigenvalue weighted by Crippen LogP contribution is 2.65. The Labute approximate surface area is 585 Å². The van der Waals surface area contributed by atoms with Crippen molar-refractivity contribution in [2.75, 3.05) is 9.80 Å². The molecule has 4 heteroatoms. The molecule has 2 aliphatic heterocycles. The quantitative estimate of drug-likeness (QED) is 0.141. The largest absolute Gasteiger partial charge is 0.311 e. The minimum atomic E-state index is -0.692. The zero-order chi connectivity index (χ0) is 70.0. The van der Waals surface area contributed by atoms with Crippen molar-refractivity contribution in [1.29, 1.82) is 0 Å². The molecule has 1 spiro atoms. The third kappa shape index (κ3) is 8.46. The predicted molar refractivity (Wildman–Crippen MR) is 417 cm³/mol. The number of benzene rings is 15. The first-order chi connectivity index (χ1) is 50.8. The van der Waals surface area contributed by atoms with Crippen LogP contribution in [0.1, 0.15) is 55.4 Å². The molecular weight excluding hydrogens is 1190 g/mol. The number of rotatable bonds is 8. The first-order valence-electron chi connectivity index (χ1n) is 36.8. The highest BCUT2D eigenvalue weighted by atomic mass is 15.2. The molecule has 0 N–H and O–H groups in total. The monoisotopic (exact) mass is 1260 g/mol. The molecule has 3 heterocycles. The number of anilines is 6. The maximum absolute atomic E-state index is 9.24. The molecule has 0 saturated carbocycles. The summed E-state index contributed by atoms with van der Waals surface area (Å²) >= 11 is 0. The van der Waals surface area contributed by atoms with E-state index in [1.165, 1.54) is 60.8 Å². The summed E-state index contributed by atoms with van der Waals surface area (Å²) in [5.74, 6) is 0. The smallest absolute Gasteiger partial charge is 0.252 e. The normalized spacial score (nSPS) is 14.1. The molecule has 0 radical (unpaired) electrons. The molecule has 0 fully saturated rings. The Hall–Kier alpha value is -12.2. The van der Waals surface area contributed by atoms with E-state index in [0.717, 1.165) is 112 Å².